The minimum absolute atomic E-state index is 0.0432. The van der Waals surface area contributed by atoms with Gasteiger partial charge in [-0.15, -0.1) is 0 Å². The van der Waals surface area contributed by atoms with Gasteiger partial charge >= 0.3 is 7.12 Å². The van der Waals surface area contributed by atoms with Crippen LogP contribution >= 0.6 is 15.9 Å². The van der Waals surface area contributed by atoms with Crippen molar-refractivity contribution in [3.63, 3.8) is 0 Å². The average molecular weight is 1170 g/mol. The molecule has 0 amide bonds. The van der Waals surface area contributed by atoms with E-state index in [9.17, 15) is 9.59 Å². The number of morpholine rings is 2. The fraction of sp³-hybridized carbons (Fsp3) is 0.206. The summed E-state index contributed by atoms with van der Waals surface area (Å²) in [7, 11) is -0.577. The summed E-state index contributed by atoms with van der Waals surface area (Å²) >= 11 is 3.44. The van der Waals surface area contributed by atoms with Crippen molar-refractivity contribution in [1.82, 2.24) is 0 Å². The van der Waals surface area contributed by atoms with Crippen LogP contribution in [0.15, 0.2) is 223 Å². The molecule has 0 radical (unpaired) electrons. The molecule has 0 spiro atoms. The van der Waals surface area contributed by atoms with E-state index in [2.05, 4.69) is 51.2 Å². The first-order valence-electron chi connectivity index (χ1n) is 27.7. The van der Waals surface area contributed by atoms with Crippen molar-refractivity contribution in [3.05, 3.63) is 225 Å². The molecule has 13 nitrogen and oxygen atoms in total. The van der Waals surface area contributed by atoms with Crippen LogP contribution in [0.3, 0.4) is 0 Å². The Bertz CT molecular complexity index is 3950. The van der Waals surface area contributed by atoms with E-state index in [1.165, 1.54) is 5.56 Å². The second-order valence-corrected chi connectivity index (χ2v) is 22.2. The zero-order chi connectivity index (χ0) is 58.1. The highest BCUT2D eigenvalue weighted by atomic mass is 79.9. The number of nitrogen functional groups attached to an aromatic ring is 3. The third-order valence-electron chi connectivity index (χ3n) is 15.3. The lowest BCUT2D eigenvalue weighted by molar-refractivity contribution is 0.00578. The third kappa shape index (κ3) is 13.4. The van der Waals surface area contributed by atoms with Gasteiger partial charge in [-0.3, -0.25) is 9.59 Å². The van der Waals surface area contributed by atoms with E-state index in [4.69, 9.17) is 44.8 Å². The lowest BCUT2D eigenvalue weighted by Gasteiger charge is -2.32. The molecule has 2 aromatic heterocycles. The lowest BCUT2D eigenvalue weighted by atomic mass is 9.78. The fourth-order valence-corrected chi connectivity index (χ4v) is 10.3. The van der Waals surface area contributed by atoms with Gasteiger partial charge in [-0.25, -0.2) is 0 Å². The zero-order valence-electron chi connectivity index (χ0n) is 47.1. The number of ether oxygens (including phenoxy) is 2. The highest BCUT2D eigenvalue weighted by Gasteiger charge is 2.52. The van der Waals surface area contributed by atoms with Crippen LogP contribution in [-0.4, -0.2) is 70.9 Å². The van der Waals surface area contributed by atoms with Crippen LogP contribution < -0.4 is 43.3 Å². The van der Waals surface area contributed by atoms with E-state index in [0.29, 0.717) is 92.0 Å². The van der Waals surface area contributed by atoms with Crippen molar-refractivity contribution in [2.75, 3.05) is 79.6 Å². The molecule has 3 saturated heterocycles. The monoisotopic (exact) mass is 1170 g/mol. The predicted octanol–water partition coefficient (Wildman–Crippen LogP) is 13.1. The van der Waals surface area contributed by atoms with Gasteiger partial charge in [0.2, 0.25) is 0 Å². The maximum Gasteiger partial charge on any atom is 0.498 e. The number of anilines is 5. The minimum atomic E-state index is -0.577. The maximum atomic E-state index is 12.8. The molecule has 13 rings (SSSR count). The van der Waals surface area contributed by atoms with E-state index in [1.54, 1.807) is 18.2 Å². The van der Waals surface area contributed by atoms with E-state index < -0.39 is 18.3 Å². The standard InChI is InChI=1S/C25H22N2O3.C19H24BNO5.C12H10BrN.C12H11N/c26-22-10-9-18(15-21(22)17-5-2-1-3-6-17)19-7-4-8-20-23(28)16-24(30-25(19)20)27-11-13-29-14-12-27;1-18(2)19(3,4)26-20(25-18)14-7-5-6-13-15(22)12-16(24-17(13)14)21-8-10-23-11-9-21;13-10-6-7-12(14)11(8-10)9-4-2-1-3-5-9;13-12-9-5-4-8-11(12)10-6-2-1-3-7-10/h1-10,15-16H,11-14,26H2;5-7,12H,8-11H2,1-4H3;1-8H,14H2;1-9H,13H2. The van der Waals surface area contributed by atoms with Crippen molar-refractivity contribution >= 4 is 79.3 Å². The number of nitrogens with zero attached hydrogens (tertiary/aromatic N) is 2. The van der Waals surface area contributed by atoms with Crippen LogP contribution in [0.4, 0.5) is 28.8 Å². The molecule has 3 aliphatic heterocycles. The summed E-state index contributed by atoms with van der Waals surface area (Å²) in [4.78, 5) is 29.6. The van der Waals surface area contributed by atoms with Crippen LogP contribution in [0.25, 0.3) is 66.4 Å². The van der Waals surface area contributed by atoms with Gasteiger partial charge in [0, 0.05) is 87.6 Å². The number of halogens is 1. The second kappa shape index (κ2) is 25.8. The molecular weight excluding hydrogens is 1110 g/mol. The Morgan fingerprint density at radius 1 is 0.422 bits per heavy atom. The van der Waals surface area contributed by atoms with Crippen LogP contribution in [0.5, 0.6) is 0 Å². The first-order chi connectivity index (χ1) is 40.1. The fourth-order valence-electron chi connectivity index (χ4n) is 9.98. The lowest BCUT2D eigenvalue weighted by Crippen LogP contribution is -2.41. The number of benzene rings is 8. The van der Waals surface area contributed by atoms with Crippen molar-refractivity contribution in [2.24, 2.45) is 0 Å². The molecule has 83 heavy (non-hydrogen) atoms. The molecule has 8 aromatic carbocycles. The molecule has 422 valence electrons. The smallest absolute Gasteiger partial charge is 0.441 e. The first-order valence-corrected chi connectivity index (χ1v) is 28.5. The number of rotatable bonds is 7. The number of hydrogen-bond donors (Lipinski definition) is 3. The first kappa shape index (κ1) is 57.8. The number of para-hydroxylation sites is 3. The molecular formula is C68H67BBrN5O8. The Labute approximate surface area is 492 Å². The molecule has 15 heteroatoms. The van der Waals surface area contributed by atoms with Gasteiger partial charge in [0.1, 0.15) is 11.2 Å². The summed E-state index contributed by atoms with van der Waals surface area (Å²) in [5.74, 6) is 1.15. The molecule has 6 N–H and O–H groups in total. The number of fused-ring (bicyclic) bond motifs is 2. The van der Waals surface area contributed by atoms with E-state index in [0.717, 1.165) is 60.3 Å². The van der Waals surface area contributed by atoms with Gasteiger partial charge in [-0.05, 0) is 98.5 Å². The van der Waals surface area contributed by atoms with Crippen LogP contribution in [0.2, 0.25) is 0 Å². The molecule has 0 aliphatic carbocycles. The Morgan fingerprint density at radius 2 is 0.843 bits per heavy atom. The molecule has 3 fully saturated rings. The largest absolute Gasteiger partial charge is 0.498 e. The van der Waals surface area contributed by atoms with Gasteiger partial charge in [-0.2, -0.15) is 0 Å². The zero-order valence-corrected chi connectivity index (χ0v) is 48.6. The predicted molar refractivity (Wildman–Crippen MR) is 342 cm³/mol. The highest BCUT2D eigenvalue weighted by molar-refractivity contribution is 9.10. The van der Waals surface area contributed by atoms with Crippen LogP contribution in [0, 0.1) is 0 Å². The number of hydrogen-bond acceptors (Lipinski definition) is 13. The van der Waals surface area contributed by atoms with Crippen molar-refractivity contribution in [1.29, 1.82) is 0 Å². The quantitative estimate of drug-likeness (QED) is 0.101. The maximum absolute atomic E-state index is 12.8. The molecule has 0 unspecified atom stereocenters. The number of nitrogens with two attached hydrogens (primary N) is 3. The highest BCUT2D eigenvalue weighted by Crippen LogP contribution is 2.38. The van der Waals surface area contributed by atoms with Crippen molar-refractivity contribution in [3.8, 4) is 44.5 Å². The molecule has 10 aromatic rings. The molecule has 0 bridgehead atoms. The van der Waals surface area contributed by atoms with Crippen molar-refractivity contribution < 1.29 is 27.6 Å². The van der Waals surface area contributed by atoms with Gasteiger partial charge in [-0.1, -0.05) is 155 Å². The summed E-state index contributed by atoms with van der Waals surface area (Å²) in [6, 6.07) is 64.4. The van der Waals surface area contributed by atoms with E-state index in [-0.39, 0.29) is 10.9 Å². The Hall–Kier alpha value is -8.44. The van der Waals surface area contributed by atoms with Crippen molar-refractivity contribution in [2.45, 2.75) is 38.9 Å². The Kier molecular flexibility index (Phi) is 18.0. The summed E-state index contributed by atoms with van der Waals surface area (Å²) in [5.41, 5.74) is 29.5. The summed E-state index contributed by atoms with van der Waals surface area (Å²) in [6.45, 7) is 13.3. The third-order valence-corrected chi connectivity index (χ3v) is 15.8. The topological polar surface area (TPSA) is 182 Å². The summed E-state index contributed by atoms with van der Waals surface area (Å²) in [5, 5.41) is 1.11. The van der Waals surface area contributed by atoms with E-state index >= 15 is 0 Å². The summed E-state index contributed by atoms with van der Waals surface area (Å²) < 4.78 is 36.6. The van der Waals surface area contributed by atoms with Gasteiger partial charge < -0.3 is 54.6 Å². The Balaban J connectivity index is 0.000000131. The van der Waals surface area contributed by atoms with E-state index in [1.807, 2.05) is 184 Å². The minimum Gasteiger partial charge on any atom is -0.441 e. The molecule has 0 atom stereocenters. The van der Waals surface area contributed by atoms with Gasteiger partial charge in [0.05, 0.1) is 48.4 Å². The van der Waals surface area contributed by atoms with Crippen LogP contribution in [0.1, 0.15) is 27.7 Å². The molecule has 0 saturated carbocycles. The molecule has 5 heterocycles. The molecule has 3 aliphatic rings. The van der Waals surface area contributed by atoms with Crippen LogP contribution in [-0.2, 0) is 18.8 Å². The second-order valence-electron chi connectivity index (χ2n) is 21.3. The summed E-state index contributed by atoms with van der Waals surface area (Å²) in [6.07, 6.45) is 0. The SMILES string of the molecule is CC1(C)OB(c2cccc3c(=O)cc(N4CCOCC4)oc23)OC1(C)C.Nc1ccc(-c2cccc3c(=O)cc(N4CCOCC4)oc23)cc1-c1ccccc1.Nc1ccc(Br)cc1-c1ccccc1.Nc1ccccc1-c1ccccc1. The van der Waals surface area contributed by atoms with Gasteiger partial charge in [0.25, 0.3) is 0 Å². The average Bonchev–Trinajstić information content (AvgIpc) is 4.01. The normalized spacial score (nSPS) is 15.3. The Morgan fingerprint density at radius 3 is 1.37 bits per heavy atom. The van der Waals surface area contributed by atoms with Gasteiger partial charge in [0.15, 0.2) is 22.6 Å².